The molecule has 0 aromatic carbocycles. The summed E-state index contributed by atoms with van der Waals surface area (Å²) in [5.41, 5.74) is 0.938. The van der Waals surface area contributed by atoms with E-state index in [2.05, 4.69) is 10.3 Å². The van der Waals surface area contributed by atoms with E-state index in [9.17, 15) is 0 Å². The first kappa shape index (κ1) is 10.9. The minimum atomic E-state index is -0.352. The Bertz CT molecular complexity index is 451. The molecule has 1 unspecified atom stereocenters. The lowest BCUT2D eigenvalue weighted by Gasteiger charge is -2.06. The van der Waals surface area contributed by atoms with Crippen LogP contribution in [0.4, 0.5) is 0 Å². The van der Waals surface area contributed by atoms with Gasteiger partial charge in [-0.05, 0) is 6.92 Å². The summed E-state index contributed by atoms with van der Waals surface area (Å²) in [5, 5.41) is 14.7. The van der Waals surface area contributed by atoms with Crippen molar-refractivity contribution in [1.29, 1.82) is 0 Å². The molecule has 82 valence electrons. The van der Waals surface area contributed by atoms with Crippen molar-refractivity contribution < 1.29 is 5.11 Å². The second kappa shape index (κ2) is 4.49. The van der Waals surface area contributed by atoms with E-state index in [1.54, 1.807) is 18.3 Å². The Morgan fingerprint density at radius 2 is 2.53 bits per heavy atom. The summed E-state index contributed by atoms with van der Waals surface area (Å²) in [7, 11) is 0. The Balaban J connectivity index is 2.12. The van der Waals surface area contributed by atoms with E-state index in [-0.39, 0.29) is 6.10 Å². The van der Waals surface area contributed by atoms with Crippen LogP contribution in [0, 0.1) is 0 Å². The van der Waals surface area contributed by atoms with Crippen molar-refractivity contribution in [1.82, 2.24) is 14.7 Å². The number of hydrogen-bond donors (Lipinski definition) is 2. The second-order valence-electron chi connectivity index (χ2n) is 3.38. The normalized spacial score (nSPS) is 13.5. The first-order valence-corrected chi connectivity index (χ1v) is 5.93. The molecule has 2 N–H and O–H groups in total. The van der Waals surface area contributed by atoms with Crippen molar-refractivity contribution >= 4 is 27.9 Å². The molecular weight excluding hydrogens is 234 g/mol. The molecule has 2 heterocycles. The van der Waals surface area contributed by atoms with E-state index in [0.717, 1.165) is 10.7 Å². The molecule has 0 radical (unpaired) electrons. The van der Waals surface area contributed by atoms with Crippen LogP contribution in [-0.4, -0.2) is 27.1 Å². The van der Waals surface area contributed by atoms with Gasteiger partial charge < -0.3 is 10.4 Å². The van der Waals surface area contributed by atoms with E-state index >= 15 is 0 Å². The van der Waals surface area contributed by atoms with Crippen LogP contribution in [0.3, 0.4) is 0 Å². The van der Waals surface area contributed by atoms with Gasteiger partial charge >= 0.3 is 0 Å². The molecule has 2 aromatic rings. The first-order chi connectivity index (χ1) is 7.18. The van der Waals surface area contributed by atoms with Crippen molar-refractivity contribution in [2.75, 3.05) is 6.54 Å². The first-order valence-electron chi connectivity index (χ1n) is 4.67. The van der Waals surface area contributed by atoms with E-state index in [1.807, 2.05) is 16.0 Å². The minimum absolute atomic E-state index is 0.352. The summed E-state index contributed by atoms with van der Waals surface area (Å²) in [4.78, 5) is 5.11. The molecule has 0 saturated heterocycles. The third kappa shape index (κ3) is 2.31. The highest BCUT2D eigenvalue weighted by Crippen LogP contribution is 2.20. The zero-order chi connectivity index (χ0) is 10.8. The third-order valence-corrected chi connectivity index (χ3v) is 3.10. The van der Waals surface area contributed by atoms with E-state index in [4.69, 9.17) is 16.7 Å². The SMILES string of the molecule is CC(O)CNCc1c(Cl)nc2sccn12. The maximum absolute atomic E-state index is 9.11. The summed E-state index contributed by atoms with van der Waals surface area (Å²) in [5.74, 6) is 0. The Hall–Kier alpha value is -0.620. The number of halogens is 1. The van der Waals surface area contributed by atoms with Crippen molar-refractivity contribution in [2.24, 2.45) is 0 Å². The van der Waals surface area contributed by atoms with Crippen LogP contribution in [0.5, 0.6) is 0 Å². The number of nitrogens with one attached hydrogen (secondary N) is 1. The zero-order valence-corrected chi connectivity index (χ0v) is 9.85. The average Bonchev–Trinajstić information content (AvgIpc) is 2.68. The Morgan fingerprint density at radius 3 is 3.27 bits per heavy atom. The highest BCUT2D eigenvalue weighted by Gasteiger charge is 2.10. The van der Waals surface area contributed by atoms with Crippen LogP contribution in [-0.2, 0) is 6.54 Å². The molecule has 6 heteroatoms. The number of imidazole rings is 1. The molecule has 2 rings (SSSR count). The standard InChI is InChI=1S/C9H12ClN3OS/c1-6(14)4-11-5-7-8(10)12-9-13(7)2-3-15-9/h2-3,6,11,14H,4-5H2,1H3. The number of rotatable bonds is 4. The van der Waals surface area contributed by atoms with Crippen molar-refractivity contribution in [3.63, 3.8) is 0 Å². The van der Waals surface area contributed by atoms with Gasteiger partial charge in [0.05, 0.1) is 11.8 Å². The van der Waals surface area contributed by atoms with E-state index in [1.165, 1.54) is 0 Å². The molecule has 0 aliphatic carbocycles. The number of hydrogen-bond acceptors (Lipinski definition) is 4. The molecule has 1 atom stereocenters. The van der Waals surface area contributed by atoms with Crippen LogP contribution in [0.2, 0.25) is 5.15 Å². The predicted molar refractivity (Wildman–Crippen MR) is 61.5 cm³/mol. The highest BCUT2D eigenvalue weighted by atomic mass is 35.5. The molecule has 15 heavy (non-hydrogen) atoms. The average molecular weight is 246 g/mol. The van der Waals surface area contributed by atoms with Crippen LogP contribution in [0.15, 0.2) is 11.6 Å². The van der Waals surface area contributed by atoms with Gasteiger partial charge in [0.15, 0.2) is 10.1 Å². The molecule has 2 aromatic heterocycles. The van der Waals surface area contributed by atoms with E-state index < -0.39 is 0 Å². The minimum Gasteiger partial charge on any atom is -0.392 e. The number of aromatic nitrogens is 2. The lowest BCUT2D eigenvalue weighted by molar-refractivity contribution is 0.191. The van der Waals surface area contributed by atoms with Gasteiger partial charge in [0.25, 0.3) is 0 Å². The van der Waals surface area contributed by atoms with Gasteiger partial charge in [-0.2, -0.15) is 0 Å². The molecule has 0 amide bonds. The Morgan fingerprint density at radius 1 is 1.73 bits per heavy atom. The van der Waals surface area contributed by atoms with Gasteiger partial charge in [-0.25, -0.2) is 4.98 Å². The predicted octanol–water partition coefficient (Wildman–Crippen LogP) is 1.52. The third-order valence-electron chi connectivity index (χ3n) is 2.04. The second-order valence-corrected chi connectivity index (χ2v) is 4.62. The summed E-state index contributed by atoms with van der Waals surface area (Å²) in [6, 6.07) is 0. The van der Waals surface area contributed by atoms with Crippen LogP contribution in [0.1, 0.15) is 12.6 Å². The Kier molecular flexibility index (Phi) is 3.25. The Labute approximate surface area is 96.5 Å². The van der Waals surface area contributed by atoms with Gasteiger partial charge in [-0.1, -0.05) is 11.6 Å². The van der Waals surface area contributed by atoms with Crippen molar-refractivity contribution in [3.05, 3.63) is 22.4 Å². The van der Waals surface area contributed by atoms with Gasteiger partial charge in [0.2, 0.25) is 0 Å². The number of fused-ring (bicyclic) bond motifs is 1. The molecule has 0 aliphatic heterocycles. The molecule has 0 saturated carbocycles. The fourth-order valence-corrected chi connectivity index (χ4v) is 2.38. The number of aliphatic hydroxyl groups excluding tert-OH is 1. The largest absolute Gasteiger partial charge is 0.392 e. The zero-order valence-electron chi connectivity index (χ0n) is 8.27. The smallest absolute Gasteiger partial charge is 0.195 e. The molecule has 0 spiro atoms. The highest BCUT2D eigenvalue weighted by molar-refractivity contribution is 7.15. The quantitative estimate of drug-likeness (QED) is 0.859. The maximum atomic E-state index is 9.11. The monoisotopic (exact) mass is 245 g/mol. The van der Waals surface area contributed by atoms with Gasteiger partial charge in [-0.15, -0.1) is 11.3 Å². The van der Waals surface area contributed by atoms with Crippen molar-refractivity contribution in [2.45, 2.75) is 19.6 Å². The molecule has 0 aliphatic rings. The maximum Gasteiger partial charge on any atom is 0.195 e. The lowest BCUT2D eigenvalue weighted by Crippen LogP contribution is -2.24. The summed E-state index contributed by atoms with van der Waals surface area (Å²) in [6.07, 6.45) is 1.59. The van der Waals surface area contributed by atoms with E-state index in [0.29, 0.717) is 18.2 Å². The lowest BCUT2D eigenvalue weighted by atomic mass is 10.4. The van der Waals surface area contributed by atoms with Crippen LogP contribution < -0.4 is 5.32 Å². The van der Waals surface area contributed by atoms with Crippen LogP contribution >= 0.6 is 22.9 Å². The summed E-state index contributed by atoms with van der Waals surface area (Å²) in [6.45, 7) is 2.90. The molecule has 0 fully saturated rings. The number of thiazole rings is 1. The van der Waals surface area contributed by atoms with Gasteiger partial charge in [0, 0.05) is 24.7 Å². The number of nitrogens with zero attached hydrogens (tertiary/aromatic N) is 2. The van der Waals surface area contributed by atoms with Gasteiger partial charge in [0.1, 0.15) is 0 Å². The molecular formula is C9H12ClN3OS. The number of aliphatic hydroxyl groups is 1. The molecule has 0 bridgehead atoms. The summed E-state index contributed by atoms with van der Waals surface area (Å²) < 4.78 is 1.96. The van der Waals surface area contributed by atoms with Crippen LogP contribution in [0.25, 0.3) is 4.96 Å². The molecule has 4 nitrogen and oxygen atoms in total. The summed E-state index contributed by atoms with van der Waals surface area (Å²) >= 11 is 7.55. The van der Waals surface area contributed by atoms with Gasteiger partial charge in [-0.3, -0.25) is 4.40 Å². The topological polar surface area (TPSA) is 49.6 Å². The fraction of sp³-hybridized carbons (Fsp3) is 0.444. The van der Waals surface area contributed by atoms with Crippen molar-refractivity contribution in [3.8, 4) is 0 Å². The fourth-order valence-electron chi connectivity index (χ4n) is 1.36.